The van der Waals surface area contributed by atoms with E-state index in [0.717, 1.165) is 42.5 Å². The van der Waals surface area contributed by atoms with Crippen molar-refractivity contribution in [3.8, 4) is 17.1 Å². The predicted octanol–water partition coefficient (Wildman–Crippen LogP) is 3.09. The van der Waals surface area contributed by atoms with E-state index in [4.69, 9.17) is 4.98 Å². The van der Waals surface area contributed by atoms with Crippen molar-refractivity contribution < 1.29 is 9.90 Å². The number of carbonyl (C=O) groups excluding carboxylic acids is 1. The fraction of sp³-hybridized carbons (Fsp3) is 0.385. The molecule has 0 radical (unpaired) electrons. The Labute approximate surface area is 204 Å². The Morgan fingerprint density at radius 3 is 2.60 bits per heavy atom. The predicted molar refractivity (Wildman–Crippen MR) is 138 cm³/mol. The van der Waals surface area contributed by atoms with Crippen LogP contribution in [0.1, 0.15) is 28.9 Å². The summed E-state index contributed by atoms with van der Waals surface area (Å²) >= 11 is 0. The van der Waals surface area contributed by atoms with E-state index in [-0.39, 0.29) is 11.7 Å². The van der Waals surface area contributed by atoms with Crippen molar-refractivity contribution in [1.29, 1.82) is 0 Å². The normalized spacial score (nSPS) is 14.9. The first kappa shape index (κ1) is 23.0. The molecular weight excluding hydrogens is 442 g/mol. The summed E-state index contributed by atoms with van der Waals surface area (Å²) in [5.41, 5.74) is 3.87. The second-order valence-electron chi connectivity index (χ2n) is 9.50. The maximum atomic E-state index is 12.9. The van der Waals surface area contributed by atoms with Crippen LogP contribution in [0.25, 0.3) is 33.2 Å². The lowest BCUT2D eigenvalue weighted by atomic mass is 10.0. The Balaban J connectivity index is 1.61. The number of amides is 1. The Morgan fingerprint density at radius 2 is 1.91 bits per heavy atom. The standard InChI is InChI=1S/C26H31N7O2/c1-15-22-16(14-32(5)30-22)12-20(24(15)34)25-28-21-7-6-18(13-19(21)23(29-25)26(35)27-2)33-10-8-17(9-11-33)31(3)4/h6-7,12-14,17,34H,8-11H2,1-5H3,(H,27,35). The minimum Gasteiger partial charge on any atom is -0.507 e. The number of aromatic nitrogens is 4. The van der Waals surface area contributed by atoms with Gasteiger partial charge in [-0.3, -0.25) is 9.48 Å². The van der Waals surface area contributed by atoms with Gasteiger partial charge in [0.15, 0.2) is 5.82 Å². The molecule has 0 saturated carbocycles. The summed E-state index contributed by atoms with van der Waals surface area (Å²) < 4.78 is 1.71. The van der Waals surface area contributed by atoms with Crippen molar-refractivity contribution in [2.24, 2.45) is 7.05 Å². The number of carbonyl (C=O) groups is 1. The SMILES string of the molecule is CNC(=O)c1nc(-c2cc3cn(C)nc3c(C)c2O)nc2ccc(N3CCC(N(C)C)CC3)cc12. The third-order valence-electron chi connectivity index (χ3n) is 7.04. The molecule has 182 valence electrons. The summed E-state index contributed by atoms with van der Waals surface area (Å²) in [5, 5.41) is 19.7. The number of anilines is 1. The molecule has 0 aliphatic carbocycles. The molecule has 0 spiro atoms. The van der Waals surface area contributed by atoms with Gasteiger partial charge in [-0.05, 0) is 58.1 Å². The van der Waals surface area contributed by atoms with E-state index in [9.17, 15) is 9.90 Å². The van der Waals surface area contributed by atoms with Crippen LogP contribution in [-0.4, -0.2) is 75.9 Å². The van der Waals surface area contributed by atoms with Crippen LogP contribution < -0.4 is 10.2 Å². The zero-order valence-corrected chi connectivity index (χ0v) is 20.8. The molecule has 2 aromatic carbocycles. The summed E-state index contributed by atoms with van der Waals surface area (Å²) in [5.74, 6) is 0.0848. The Kier molecular flexibility index (Phi) is 5.80. The van der Waals surface area contributed by atoms with Gasteiger partial charge in [-0.25, -0.2) is 9.97 Å². The number of hydrogen-bond acceptors (Lipinski definition) is 7. The number of phenols is 1. The van der Waals surface area contributed by atoms with Crippen molar-refractivity contribution in [1.82, 2.24) is 30.0 Å². The second kappa shape index (κ2) is 8.81. The van der Waals surface area contributed by atoms with Crippen molar-refractivity contribution in [3.63, 3.8) is 0 Å². The van der Waals surface area contributed by atoms with Gasteiger partial charge in [-0.1, -0.05) is 0 Å². The molecule has 2 N–H and O–H groups in total. The molecule has 3 heterocycles. The maximum absolute atomic E-state index is 12.9. The fourth-order valence-corrected chi connectivity index (χ4v) is 4.98. The van der Waals surface area contributed by atoms with Crippen molar-refractivity contribution in [2.75, 3.05) is 39.1 Å². The lowest BCUT2D eigenvalue weighted by molar-refractivity contribution is 0.0960. The van der Waals surface area contributed by atoms with Crippen LogP contribution in [-0.2, 0) is 7.05 Å². The Bertz CT molecular complexity index is 1440. The monoisotopic (exact) mass is 473 g/mol. The van der Waals surface area contributed by atoms with Gasteiger partial charge < -0.3 is 20.2 Å². The van der Waals surface area contributed by atoms with Gasteiger partial charge in [0.25, 0.3) is 5.91 Å². The van der Waals surface area contributed by atoms with E-state index >= 15 is 0 Å². The lowest BCUT2D eigenvalue weighted by Gasteiger charge is -2.36. The molecule has 9 nitrogen and oxygen atoms in total. The van der Waals surface area contributed by atoms with Gasteiger partial charge in [-0.2, -0.15) is 5.10 Å². The van der Waals surface area contributed by atoms with E-state index < -0.39 is 0 Å². The van der Waals surface area contributed by atoms with Crippen molar-refractivity contribution >= 4 is 33.4 Å². The number of nitrogens with zero attached hydrogens (tertiary/aromatic N) is 6. The molecule has 0 unspecified atom stereocenters. The first-order valence-corrected chi connectivity index (χ1v) is 11.9. The van der Waals surface area contributed by atoms with E-state index in [1.165, 1.54) is 0 Å². The van der Waals surface area contributed by atoms with E-state index in [0.29, 0.717) is 39.6 Å². The summed E-state index contributed by atoms with van der Waals surface area (Å²) in [4.78, 5) is 26.9. The first-order valence-electron chi connectivity index (χ1n) is 11.9. The van der Waals surface area contributed by atoms with Gasteiger partial charge in [-0.15, -0.1) is 0 Å². The van der Waals surface area contributed by atoms with Gasteiger partial charge in [0, 0.05) is 61.4 Å². The molecule has 0 atom stereocenters. The molecule has 1 fully saturated rings. The van der Waals surface area contributed by atoms with E-state index in [2.05, 4.69) is 45.4 Å². The fourth-order valence-electron chi connectivity index (χ4n) is 4.98. The number of aromatic hydroxyl groups is 1. The average molecular weight is 474 g/mol. The third kappa shape index (κ3) is 4.05. The Morgan fingerprint density at radius 1 is 1.17 bits per heavy atom. The van der Waals surface area contributed by atoms with Gasteiger partial charge in [0.1, 0.15) is 11.4 Å². The number of nitrogens with one attached hydrogen (secondary N) is 1. The van der Waals surface area contributed by atoms with Crippen LogP contribution in [0.3, 0.4) is 0 Å². The Hall–Kier alpha value is -3.72. The summed E-state index contributed by atoms with van der Waals surface area (Å²) in [6, 6.07) is 8.41. The highest BCUT2D eigenvalue weighted by atomic mass is 16.3. The smallest absolute Gasteiger partial charge is 0.270 e. The van der Waals surface area contributed by atoms with Crippen LogP contribution in [0.2, 0.25) is 0 Å². The van der Waals surface area contributed by atoms with Gasteiger partial charge >= 0.3 is 0 Å². The van der Waals surface area contributed by atoms with Crippen LogP contribution in [0.15, 0.2) is 30.5 Å². The number of fused-ring (bicyclic) bond motifs is 2. The average Bonchev–Trinajstić information content (AvgIpc) is 3.25. The quantitative estimate of drug-likeness (QED) is 0.470. The van der Waals surface area contributed by atoms with E-state index in [1.807, 2.05) is 38.4 Å². The molecule has 5 rings (SSSR count). The van der Waals surface area contributed by atoms with Gasteiger partial charge in [0.05, 0.1) is 16.6 Å². The molecule has 4 aromatic rings. The van der Waals surface area contributed by atoms with Crippen molar-refractivity contribution in [2.45, 2.75) is 25.8 Å². The van der Waals surface area contributed by atoms with Gasteiger partial charge in [0.2, 0.25) is 0 Å². The molecule has 1 amide bonds. The highest BCUT2D eigenvalue weighted by molar-refractivity contribution is 6.06. The number of benzene rings is 2. The topological polar surface area (TPSA) is 99.4 Å². The zero-order valence-electron chi connectivity index (χ0n) is 20.8. The largest absolute Gasteiger partial charge is 0.507 e. The number of rotatable bonds is 4. The van der Waals surface area contributed by atoms with Crippen LogP contribution in [0.5, 0.6) is 5.75 Å². The molecule has 1 saturated heterocycles. The zero-order chi connectivity index (χ0) is 24.9. The minimum absolute atomic E-state index is 0.0683. The highest BCUT2D eigenvalue weighted by Gasteiger charge is 2.23. The summed E-state index contributed by atoms with van der Waals surface area (Å²) in [6.45, 7) is 3.74. The second-order valence-corrected chi connectivity index (χ2v) is 9.50. The molecule has 0 bridgehead atoms. The molecule has 9 heteroatoms. The van der Waals surface area contributed by atoms with Crippen molar-refractivity contribution in [3.05, 3.63) is 41.7 Å². The molecular formula is C26H31N7O2. The first-order chi connectivity index (χ1) is 16.8. The third-order valence-corrected chi connectivity index (χ3v) is 7.04. The molecule has 1 aliphatic heterocycles. The summed E-state index contributed by atoms with van der Waals surface area (Å²) in [7, 11) is 7.70. The number of phenolic OH excluding ortho intramolecular Hbond substituents is 1. The molecule has 1 aliphatic rings. The van der Waals surface area contributed by atoms with Crippen LogP contribution in [0.4, 0.5) is 5.69 Å². The molecule has 35 heavy (non-hydrogen) atoms. The lowest BCUT2D eigenvalue weighted by Crippen LogP contribution is -2.41. The van der Waals surface area contributed by atoms with Crippen LogP contribution in [0, 0.1) is 6.92 Å². The molecule has 2 aromatic heterocycles. The summed E-state index contributed by atoms with van der Waals surface area (Å²) in [6.07, 6.45) is 4.08. The number of aryl methyl sites for hydroxylation is 2. The maximum Gasteiger partial charge on any atom is 0.270 e. The number of hydrogen-bond donors (Lipinski definition) is 2. The number of piperidine rings is 1. The highest BCUT2D eigenvalue weighted by Crippen LogP contribution is 2.36. The van der Waals surface area contributed by atoms with Crippen LogP contribution >= 0.6 is 0 Å². The minimum atomic E-state index is -0.291. The van der Waals surface area contributed by atoms with E-state index in [1.54, 1.807) is 11.7 Å².